The predicted molar refractivity (Wildman–Crippen MR) is 68.4 cm³/mol. The lowest BCUT2D eigenvalue weighted by molar-refractivity contribution is 0.101. The van der Waals surface area contributed by atoms with Crippen molar-refractivity contribution < 1.29 is 8.78 Å². The van der Waals surface area contributed by atoms with Crippen LogP contribution in [0.25, 0.3) is 0 Å². The van der Waals surface area contributed by atoms with Crippen LogP contribution >= 0.6 is 0 Å². The third-order valence-corrected chi connectivity index (χ3v) is 3.72. The molecule has 4 heteroatoms. The molecule has 1 fully saturated rings. The molecule has 0 aliphatic carbocycles. The average molecular weight is 254 g/mol. The molecule has 1 N–H and O–H groups in total. The minimum Gasteiger partial charge on any atom is -0.311 e. The molecule has 0 aromatic heterocycles. The Balaban J connectivity index is 2.21. The lowest BCUT2D eigenvalue weighted by atomic mass is 10.0. The molecule has 3 atom stereocenters. The predicted octanol–water partition coefficient (Wildman–Crippen LogP) is 2.71. The summed E-state index contributed by atoms with van der Waals surface area (Å²) in [5.74, 6) is -0.980. The summed E-state index contributed by atoms with van der Waals surface area (Å²) in [7, 11) is 0. The third kappa shape index (κ3) is 2.70. The number of hydrogen-bond acceptors (Lipinski definition) is 2. The van der Waals surface area contributed by atoms with E-state index in [2.05, 4.69) is 24.1 Å². The zero-order valence-electron chi connectivity index (χ0n) is 11.1. The second-order valence-corrected chi connectivity index (χ2v) is 5.20. The highest BCUT2D eigenvalue weighted by atomic mass is 19.1. The summed E-state index contributed by atoms with van der Waals surface area (Å²) in [4.78, 5) is 2.26. The fourth-order valence-corrected chi connectivity index (χ4v) is 2.61. The smallest absolute Gasteiger partial charge is 0.130 e. The Morgan fingerprint density at radius 2 is 2.06 bits per heavy atom. The first-order chi connectivity index (χ1) is 8.49. The van der Waals surface area contributed by atoms with Gasteiger partial charge in [-0.2, -0.15) is 0 Å². The summed E-state index contributed by atoms with van der Waals surface area (Å²) in [6.07, 6.45) is 0. The van der Waals surface area contributed by atoms with Crippen LogP contribution in [0.1, 0.15) is 32.4 Å². The highest BCUT2D eigenvalue weighted by Crippen LogP contribution is 2.26. The van der Waals surface area contributed by atoms with Gasteiger partial charge in [-0.25, -0.2) is 8.78 Å². The maximum atomic E-state index is 13.8. The van der Waals surface area contributed by atoms with Gasteiger partial charge in [-0.1, -0.05) is 6.07 Å². The van der Waals surface area contributed by atoms with Crippen molar-refractivity contribution in [2.45, 2.75) is 38.9 Å². The minimum absolute atomic E-state index is 0.0369. The molecular formula is C14H20F2N2. The van der Waals surface area contributed by atoms with E-state index in [1.165, 1.54) is 6.07 Å². The first-order valence-corrected chi connectivity index (χ1v) is 6.43. The van der Waals surface area contributed by atoms with Gasteiger partial charge in [0.15, 0.2) is 0 Å². The maximum Gasteiger partial charge on any atom is 0.130 e. The SMILES string of the molecule is CC1CN(C(C)c2ccc(F)cc2F)C(C)CN1. The Bertz CT molecular complexity index is 422. The van der Waals surface area contributed by atoms with Gasteiger partial charge in [0.2, 0.25) is 0 Å². The molecule has 0 bridgehead atoms. The van der Waals surface area contributed by atoms with Gasteiger partial charge in [0, 0.05) is 42.8 Å². The molecule has 0 spiro atoms. The summed E-state index contributed by atoms with van der Waals surface area (Å²) in [5.41, 5.74) is 0.567. The van der Waals surface area contributed by atoms with Crippen LogP contribution in [-0.4, -0.2) is 30.1 Å². The third-order valence-electron chi connectivity index (χ3n) is 3.72. The van der Waals surface area contributed by atoms with Crippen molar-refractivity contribution in [3.05, 3.63) is 35.4 Å². The zero-order chi connectivity index (χ0) is 13.3. The highest BCUT2D eigenvalue weighted by molar-refractivity contribution is 5.22. The number of hydrogen-bond donors (Lipinski definition) is 1. The number of piperazine rings is 1. The van der Waals surface area contributed by atoms with Gasteiger partial charge in [0.1, 0.15) is 11.6 Å². The molecule has 0 radical (unpaired) electrons. The van der Waals surface area contributed by atoms with Crippen LogP contribution < -0.4 is 5.32 Å². The fraction of sp³-hybridized carbons (Fsp3) is 0.571. The van der Waals surface area contributed by atoms with Crippen LogP contribution in [0.4, 0.5) is 8.78 Å². The Labute approximate surface area is 107 Å². The maximum absolute atomic E-state index is 13.8. The molecule has 1 aromatic carbocycles. The van der Waals surface area contributed by atoms with Crippen molar-refractivity contribution in [2.75, 3.05) is 13.1 Å². The molecule has 0 saturated carbocycles. The largest absolute Gasteiger partial charge is 0.311 e. The lowest BCUT2D eigenvalue weighted by Gasteiger charge is -2.41. The number of nitrogens with zero attached hydrogens (tertiary/aromatic N) is 1. The van der Waals surface area contributed by atoms with E-state index in [0.717, 1.165) is 19.2 Å². The van der Waals surface area contributed by atoms with Gasteiger partial charge in [-0.15, -0.1) is 0 Å². The van der Waals surface area contributed by atoms with Crippen molar-refractivity contribution in [1.29, 1.82) is 0 Å². The number of nitrogens with one attached hydrogen (secondary N) is 1. The standard InChI is InChI=1S/C14H20F2N2/c1-9-8-18(10(2)7-17-9)11(3)13-5-4-12(15)6-14(13)16/h4-6,9-11,17H,7-8H2,1-3H3. The summed E-state index contributed by atoms with van der Waals surface area (Å²) in [6.45, 7) is 7.99. The normalized spacial score (nSPS) is 27.2. The van der Waals surface area contributed by atoms with Crippen molar-refractivity contribution >= 4 is 0 Å². The second-order valence-electron chi connectivity index (χ2n) is 5.20. The molecule has 100 valence electrons. The van der Waals surface area contributed by atoms with Crippen LogP contribution in [0.3, 0.4) is 0 Å². The summed E-state index contributed by atoms with van der Waals surface area (Å²) in [5, 5.41) is 3.40. The molecule has 1 heterocycles. The molecule has 18 heavy (non-hydrogen) atoms. The first-order valence-electron chi connectivity index (χ1n) is 6.43. The quantitative estimate of drug-likeness (QED) is 0.873. The summed E-state index contributed by atoms with van der Waals surface area (Å²) < 4.78 is 26.7. The first kappa shape index (κ1) is 13.4. The lowest BCUT2D eigenvalue weighted by Crippen LogP contribution is -2.54. The molecule has 2 nitrogen and oxygen atoms in total. The zero-order valence-corrected chi connectivity index (χ0v) is 11.1. The number of benzene rings is 1. The van der Waals surface area contributed by atoms with Crippen LogP contribution in [0.5, 0.6) is 0 Å². The monoisotopic (exact) mass is 254 g/mol. The fourth-order valence-electron chi connectivity index (χ4n) is 2.61. The van der Waals surface area contributed by atoms with E-state index < -0.39 is 11.6 Å². The van der Waals surface area contributed by atoms with Gasteiger partial charge in [0.25, 0.3) is 0 Å². The highest BCUT2D eigenvalue weighted by Gasteiger charge is 2.28. The minimum atomic E-state index is -0.523. The van der Waals surface area contributed by atoms with Gasteiger partial charge in [-0.3, -0.25) is 4.90 Å². The van der Waals surface area contributed by atoms with E-state index in [-0.39, 0.29) is 6.04 Å². The van der Waals surface area contributed by atoms with Gasteiger partial charge in [-0.05, 0) is 26.8 Å². The Hall–Kier alpha value is -1.00. The van der Waals surface area contributed by atoms with E-state index in [4.69, 9.17) is 0 Å². The van der Waals surface area contributed by atoms with Crippen molar-refractivity contribution in [1.82, 2.24) is 10.2 Å². The molecule has 0 amide bonds. The average Bonchev–Trinajstić information content (AvgIpc) is 2.31. The molecule has 1 aromatic rings. The summed E-state index contributed by atoms with van der Waals surface area (Å²) >= 11 is 0. The van der Waals surface area contributed by atoms with E-state index in [1.54, 1.807) is 6.07 Å². The Kier molecular flexibility index (Phi) is 3.97. The molecule has 3 unspecified atom stereocenters. The van der Waals surface area contributed by atoms with Crippen molar-refractivity contribution in [3.63, 3.8) is 0 Å². The van der Waals surface area contributed by atoms with Crippen LogP contribution in [0, 0.1) is 11.6 Å². The summed E-state index contributed by atoms with van der Waals surface area (Å²) in [6, 6.07) is 4.54. The van der Waals surface area contributed by atoms with E-state index in [9.17, 15) is 8.78 Å². The van der Waals surface area contributed by atoms with Crippen LogP contribution in [-0.2, 0) is 0 Å². The molecule has 2 rings (SSSR count). The molecule has 1 aliphatic rings. The second kappa shape index (κ2) is 5.33. The number of rotatable bonds is 2. The molecule has 1 saturated heterocycles. The molecular weight excluding hydrogens is 234 g/mol. The van der Waals surface area contributed by atoms with Crippen molar-refractivity contribution in [2.24, 2.45) is 0 Å². The van der Waals surface area contributed by atoms with Gasteiger partial charge >= 0.3 is 0 Å². The van der Waals surface area contributed by atoms with Gasteiger partial charge in [0.05, 0.1) is 0 Å². The topological polar surface area (TPSA) is 15.3 Å². The van der Waals surface area contributed by atoms with Crippen LogP contribution in [0.2, 0.25) is 0 Å². The van der Waals surface area contributed by atoms with E-state index in [0.29, 0.717) is 17.6 Å². The van der Waals surface area contributed by atoms with E-state index in [1.807, 2.05) is 6.92 Å². The Morgan fingerprint density at radius 1 is 1.33 bits per heavy atom. The van der Waals surface area contributed by atoms with Crippen LogP contribution in [0.15, 0.2) is 18.2 Å². The van der Waals surface area contributed by atoms with Crippen molar-refractivity contribution in [3.8, 4) is 0 Å². The number of halogens is 2. The molecule has 1 aliphatic heterocycles. The van der Waals surface area contributed by atoms with E-state index >= 15 is 0 Å². The Morgan fingerprint density at radius 3 is 2.72 bits per heavy atom. The van der Waals surface area contributed by atoms with Gasteiger partial charge < -0.3 is 5.32 Å².